The van der Waals surface area contributed by atoms with Crippen molar-refractivity contribution in [2.45, 2.75) is 65.5 Å². The Bertz CT molecular complexity index is 305. The molecule has 104 valence electrons. The molecule has 0 N–H and O–H groups in total. The normalized spacial score (nSPS) is 36.3. The summed E-state index contributed by atoms with van der Waals surface area (Å²) in [6.07, 6.45) is 2.64. The largest absolute Gasteiger partial charge is 0.333 e. The van der Waals surface area contributed by atoms with Gasteiger partial charge in [0.25, 0.3) is 0 Å². The number of unbranched alkanes of at least 4 members (excludes halogenated alkanes) is 1. The average Bonchev–Trinajstić information content (AvgIpc) is 2.72. The Kier molecular flexibility index (Phi) is 4.28. The third-order valence-electron chi connectivity index (χ3n) is 4.10. The number of fused-ring (bicyclic) bond motifs is 1. The second-order valence-electron chi connectivity index (χ2n) is 5.79. The van der Waals surface area contributed by atoms with Crippen molar-refractivity contribution in [3.05, 3.63) is 0 Å². The molecule has 1 amide bonds. The summed E-state index contributed by atoms with van der Waals surface area (Å²) in [5.74, 6) is 0.635. The van der Waals surface area contributed by atoms with Crippen molar-refractivity contribution in [2.75, 3.05) is 6.61 Å². The first kappa shape index (κ1) is 13.8. The van der Waals surface area contributed by atoms with Crippen molar-refractivity contribution in [1.82, 2.24) is 4.90 Å². The van der Waals surface area contributed by atoms with Crippen LogP contribution in [-0.2, 0) is 14.3 Å². The summed E-state index contributed by atoms with van der Waals surface area (Å²) in [5.41, 5.74) is 0. The molecule has 1 unspecified atom stereocenters. The number of nitrogens with zero attached hydrogens (tertiary/aromatic N) is 1. The lowest BCUT2D eigenvalue weighted by atomic mass is 9.92. The topological polar surface area (TPSA) is 38.8 Å². The maximum absolute atomic E-state index is 12.6. The highest BCUT2D eigenvalue weighted by atomic mass is 16.7. The average molecular weight is 255 g/mol. The second-order valence-corrected chi connectivity index (χ2v) is 5.79. The SMILES string of the molecule is CCCCC1C(=O)N2[C@H](OC[C@@H]2C(C)C)O[C@@H]1C. The van der Waals surface area contributed by atoms with Gasteiger partial charge in [-0.1, -0.05) is 33.6 Å². The zero-order valence-electron chi connectivity index (χ0n) is 11.9. The number of hydrogen-bond acceptors (Lipinski definition) is 3. The Morgan fingerprint density at radius 2 is 2.17 bits per heavy atom. The van der Waals surface area contributed by atoms with Gasteiger partial charge < -0.3 is 9.47 Å². The summed E-state index contributed by atoms with van der Waals surface area (Å²) >= 11 is 0. The van der Waals surface area contributed by atoms with Crippen LogP contribution in [0.3, 0.4) is 0 Å². The van der Waals surface area contributed by atoms with Crippen LogP contribution >= 0.6 is 0 Å². The van der Waals surface area contributed by atoms with Gasteiger partial charge in [0.1, 0.15) is 0 Å². The van der Waals surface area contributed by atoms with Gasteiger partial charge >= 0.3 is 0 Å². The fourth-order valence-electron chi connectivity index (χ4n) is 2.84. The molecule has 0 saturated carbocycles. The van der Waals surface area contributed by atoms with E-state index in [4.69, 9.17) is 9.47 Å². The predicted molar refractivity (Wildman–Crippen MR) is 68.8 cm³/mol. The van der Waals surface area contributed by atoms with Gasteiger partial charge in [0.05, 0.1) is 24.7 Å². The molecule has 0 aromatic heterocycles. The Morgan fingerprint density at radius 3 is 2.78 bits per heavy atom. The van der Waals surface area contributed by atoms with Crippen LogP contribution in [0.4, 0.5) is 0 Å². The highest BCUT2D eigenvalue weighted by Gasteiger charge is 2.48. The minimum atomic E-state index is -0.447. The zero-order valence-corrected chi connectivity index (χ0v) is 11.9. The standard InChI is InChI=1S/C14H25NO3/c1-5-6-7-11-10(4)18-14-15(13(11)16)12(8-17-14)9(2)3/h9-12,14H,5-8H2,1-4H3/t10-,11?,12-,14-/m1/s1. The van der Waals surface area contributed by atoms with E-state index in [1.54, 1.807) is 0 Å². The van der Waals surface area contributed by atoms with E-state index in [1.807, 2.05) is 11.8 Å². The highest BCUT2D eigenvalue weighted by molar-refractivity contribution is 5.80. The molecule has 2 rings (SSSR count). The summed E-state index contributed by atoms with van der Waals surface area (Å²) in [4.78, 5) is 14.4. The third-order valence-corrected chi connectivity index (χ3v) is 4.10. The van der Waals surface area contributed by atoms with Crippen molar-refractivity contribution in [3.8, 4) is 0 Å². The van der Waals surface area contributed by atoms with Gasteiger partial charge in [0, 0.05) is 0 Å². The summed E-state index contributed by atoms with van der Waals surface area (Å²) in [7, 11) is 0. The number of rotatable bonds is 4. The van der Waals surface area contributed by atoms with Crippen LogP contribution in [0.5, 0.6) is 0 Å². The maximum atomic E-state index is 12.6. The van der Waals surface area contributed by atoms with E-state index in [0.717, 1.165) is 19.3 Å². The first-order valence-corrected chi connectivity index (χ1v) is 7.15. The van der Waals surface area contributed by atoms with E-state index in [1.165, 1.54) is 0 Å². The summed E-state index contributed by atoms with van der Waals surface area (Å²) < 4.78 is 11.5. The lowest BCUT2D eigenvalue weighted by molar-refractivity contribution is -0.238. The van der Waals surface area contributed by atoms with Gasteiger partial charge in [-0.15, -0.1) is 0 Å². The number of carbonyl (C=O) groups excluding carboxylic acids is 1. The molecule has 0 aromatic rings. The molecule has 0 spiro atoms. The molecule has 4 atom stereocenters. The van der Waals surface area contributed by atoms with Crippen molar-refractivity contribution >= 4 is 5.91 Å². The van der Waals surface area contributed by atoms with Crippen LogP contribution < -0.4 is 0 Å². The van der Waals surface area contributed by atoms with Gasteiger partial charge in [-0.05, 0) is 19.3 Å². The van der Waals surface area contributed by atoms with E-state index < -0.39 is 6.41 Å². The van der Waals surface area contributed by atoms with E-state index >= 15 is 0 Å². The molecule has 2 saturated heterocycles. The zero-order chi connectivity index (χ0) is 13.3. The van der Waals surface area contributed by atoms with Crippen LogP contribution in [-0.4, -0.2) is 36.0 Å². The molecule has 0 aromatic carbocycles. The first-order chi connectivity index (χ1) is 8.56. The van der Waals surface area contributed by atoms with Crippen LogP contribution in [0.2, 0.25) is 0 Å². The molecule has 2 aliphatic heterocycles. The molecule has 0 bridgehead atoms. The number of hydrogen-bond donors (Lipinski definition) is 0. The molecular formula is C14H25NO3. The maximum Gasteiger partial charge on any atom is 0.243 e. The number of amides is 1. The van der Waals surface area contributed by atoms with Crippen LogP contribution in [0.15, 0.2) is 0 Å². The summed E-state index contributed by atoms with van der Waals surface area (Å²) in [5, 5.41) is 0. The van der Waals surface area contributed by atoms with Gasteiger partial charge in [-0.25, -0.2) is 0 Å². The smallest absolute Gasteiger partial charge is 0.243 e. The fraction of sp³-hybridized carbons (Fsp3) is 0.929. The number of carbonyl (C=O) groups is 1. The van der Waals surface area contributed by atoms with Crippen molar-refractivity contribution in [1.29, 1.82) is 0 Å². The molecule has 0 aliphatic carbocycles. The third kappa shape index (κ3) is 2.41. The minimum Gasteiger partial charge on any atom is -0.333 e. The Morgan fingerprint density at radius 1 is 1.44 bits per heavy atom. The Labute approximate surface area is 110 Å². The minimum absolute atomic E-state index is 0.00384. The predicted octanol–water partition coefficient (Wildman–Crippen LogP) is 2.38. The van der Waals surface area contributed by atoms with Crippen LogP contribution in [0, 0.1) is 11.8 Å². The lowest BCUT2D eigenvalue weighted by Crippen LogP contribution is -2.55. The fourth-order valence-corrected chi connectivity index (χ4v) is 2.84. The Hall–Kier alpha value is -0.610. The van der Waals surface area contributed by atoms with Crippen molar-refractivity contribution in [3.63, 3.8) is 0 Å². The molecule has 0 radical (unpaired) electrons. The van der Waals surface area contributed by atoms with Gasteiger partial charge in [-0.3, -0.25) is 9.69 Å². The van der Waals surface area contributed by atoms with Crippen molar-refractivity contribution in [2.24, 2.45) is 11.8 Å². The molecule has 4 nitrogen and oxygen atoms in total. The summed E-state index contributed by atoms with van der Waals surface area (Å²) in [6.45, 7) is 8.99. The molecule has 2 heterocycles. The van der Waals surface area contributed by atoms with E-state index in [-0.39, 0.29) is 24.0 Å². The molecule has 18 heavy (non-hydrogen) atoms. The first-order valence-electron chi connectivity index (χ1n) is 7.15. The van der Waals surface area contributed by atoms with Crippen LogP contribution in [0.1, 0.15) is 47.0 Å². The highest BCUT2D eigenvalue weighted by Crippen LogP contribution is 2.34. The molecule has 2 fully saturated rings. The Balaban J connectivity index is 2.11. The lowest BCUT2D eigenvalue weighted by Gasteiger charge is -2.40. The van der Waals surface area contributed by atoms with E-state index in [0.29, 0.717) is 12.5 Å². The second kappa shape index (κ2) is 5.57. The summed E-state index contributed by atoms with van der Waals surface area (Å²) in [6, 6.07) is 0.166. The van der Waals surface area contributed by atoms with Gasteiger partial charge in [0.2, 0.25) is 12.3 Å². The molecule has 4 heteroatoms. The van der Waals surface area contributed by atoms with E-state index in [9.17, 15) is 4.79 Å². The van der Waals surface area contributed by atoms with Crippen molar-refractivity contribution < 1.29 is 14.3 Å². The quantitative estimate of drug-likeness (QED) is 0.774. The molecule has 2 aliphatic rings. The monoisotopic (exact) mass is 255 g/mol. The van der Waals surface area contributed by atoms with E-state index in [2.05, 4.69) is 20.8 Å². The van der Waals surface area contributed by atoms with Gasteiger partial charge in [-0.2, -0.15) is 0 Å². The molecular weight excluding hydrogens is 230 g/mol. The van der Waals surface area contributed by atoms with Crippen LogP contribution in [0.25, 0.3) is 0 Å². The number of ether oxygens (including phenoxy) is 2. The van der Waals surface area contributed by atoms with Gasteiger partial charge in [0.15, 0.2) is 0 Å².